The van der Waals surface area contributed by atoms with Crippen LogP contribution in [-0.2, 0) is 32.6 Å². The van der Waals surface area contributed by atoms with Crippen LogP contribution in [-0.4, -0.2) is 56.3 Å². The van der Waals surface area contributed by atoms with Crippen LogP contribution in [0.25, 0.3) is 0 Å². The molecule has 4 aromatic rings. The molecule has 0 aromatic heterocycles. The van der Waals surface area contributed by atoms with Gasteiger partial charge in [0.05, 0.1) is 22.6 Å². The Balaban J connectivity index is 1.88. The molecular formula is C35H36ClFN4O7S. The number of rotatable bonds is 15. The van der Waals surface area contributed by atoms with E-state index < -0.39 is 55.7 Å². The van der Waals surface area contributed by atoms with Gasteiger partial charge in [0.1, 0.15) is 24.2 Å². The summed E-state index contributed by atoms with van der Waals surface area (Å²) in [5.41, 5.74) is 0.922. The quantitative estimate of drug-likeness (QED) is 0.117. The van der Waals surface area contributed by atoms with E-state index in [4.69, 9.17) is 16.3 Å². The number of aryl methyl sites for hydroxylation is 1. The van der Waals surface area contributed by atoms with Crippen molar-refractivity contribution < 1.29 is 32.1 Å². The Kier molecular flexibility index (Phi) is 12.3. The minimum Gasteiger partial charge on any atom is -0.495 e. The van der Waals surface area contributed by atoms with E-state index in [-0.39, 0.29) is 35.0 Å². The van der Waals surface area contributed by atoms with Gasteiger partial charge in [0.25, 0.3) is 15.7 Å². The summed E-state index contributed by atoms with van der Waals surface area (Å²) in [4.78, 5) is 40.2. The van der Waals surface area contributed by atoms with Crippen LogP contribution in [0.5, 0.6) is 5.75 Å². The minimum absolute atomic E-state index is 0.0500. The van der Waals surface area contributed by atoms with E-state index in [9.17, 15) is 32.5 Å². The molecule has 0 fully saturated rings. The van der Waals surface area contributed by atoms with E-state index in [2.05, 4.69) is 5.32 Å². The number of carbonyl (C=O) groups excluding carboxylic acids is 2. The standard InChI is InChI=1S/C35H36ClFN4O7S/c1-4-18-38-35(43)32(19-25-8-6-5-7-9-25)39(22-26-11-14-28(37)15-12-26)34(42)23-40(31-20-27(36)13-17-33(31)48-3)49(46,47)29-16-10-24(2)30(21-29)41(44)45/h5-17,20-21,32H,4,18-19,22-23H2,1-3H3,(H,38,43). The summed E-state index contributed by atoms with van der Waals surface area (Å²) in [6.07, 6.45) is 0.708. The number of methoxy groups -OCH3 is 1. The van der Waals surface area contributed by atoms with Crippen molar-refractivity contribution in [1.82, 2.24) is 10.2 Å². The summed E-state index contributed by atoms with van der Waals surface area (Å²) in [5.74, 6) is -1.70. The minimum atomic E-state index is -4.71. The first-order valence-corrected chi connectivity index (χ1v) is 17.1. The van der Waals surface area contributed by atoms with Crippen molar-refractivity contribution >= 4 is 44.8 Å². The van der Waals surface area contributed by atoms with Gasteiger partial charge >= 0.3 is 0 Å². The lowest BCUT2D eigenvalue weighted by molar-refractivity contribution is -0.385. The average Bonchev–Trinajstić information content (AvgIpc) is 3.08. The second-order valence-corrected chi connectivity index (χ2v) is 13.5. The van der Waals surface area contributed by atoms with Gasteiger partial charge in [-0.25, -0.2) is 12.8 Å². The Bertz CT molecular complexity index is 1910. The highest BCUT2D eigenvalue weighted by molar-refractivity contribution is 7.92. The zero-order valence-corrected chi connectivity index (χ0v) is 28.7. The van der Waals surface area contributed by atoms with Crippen molar-refractivity contribution in [2.24, 2.45) is 0 Å². The lowest BCUT2D eigenvalue weighted by Crippen LogP contribution is -2.53. The van der Waals surface area contributed by atoms with Crippen LogP contribution >= 0.6 is 11.6 Å². The molecule has 14 heteroatoms. The fraction of sp³-hybridized carbons (Fsp3) is 0.257. The van der Waals surface area contributed by atoms with Crippen LogP contribution in [0.3, 0.4) is 0 Å². The number of nitrogens with one attached hydrogen (secondary N) is 1. The molecule has 0 bridgehead atoms. The smallest absolute Gasteiger partial charge is 0.273 e. The van der Waals surface area contributed by atoms with Gasteiger partial charge in [-0.1, -0.05) is 67.1 Å². The Morgan fingerprint density at radius 2 is 1.69 bits per heavy atom. The lowest BCUT2D eigenvalue weighted by atomic mass is 10.0. The molecule has 2 amide bonds. The van der Waals surface area contributed by atoms with E-state index in [1.165, 1.54) is 73.5 Å². The predicted molar refractivity (Wildman–Crippen MR) is 185 cm³/mol. The fourth-order valence-corrected chi connectivity index (χ4v) is 6.75. The predicted octanol–water partition coefficient (Wildman–Crippen LogP) is 6.07. The third-order valence-electron chi connectivity index (χ3n) is 7.74. The number of sulfonamides is 1. The van der Waals surface area contributed by atoms with Gasteiger partial charge in [0.2, 0.25) is 11.8 Å². The molecule has 0 heterocycles. The molecular weight excluding hydrogens is 675 g/mol. The third-order valence-corrected chi connectivity index (χ3v) is 9.73. The maximum atomic E-state index is 14.6. The highest BCUT2D eigenvalue weighted by atomic mass is 35.5. The fourth-order valence-electron chi connectivity index (χ4n) is 5.15. The number of carbonyl (C=O) groups is 2. The van der Waals surface area contributed by atoms with Gasteiger partial charge in [-0.15, -0.1) is 0 Å². The highest BCUT2D eigenvalue weighted by Crippen LogP contribution is 2.36. The number of amides is 2. The molecule has 0 saturated carbocycles. The van der Waals surface area contributed by atoms with Gasteiger partial charge in [-0.2, -0.15) is 0 Å². The zero-order chi connectivity index (χ0) is 35.7. The van der Waals surface area contributed by atoms with Crippen LogP contribution in [0.2, 0.25) is 5.02 Å². The van der Waals surface area contributed by atoms with E-state index >= 15 is 0 Å². The number of hydrogen-bond donors (Lipinski definition) is 1. The Hall–Kier alpha value is -5.01. The summed E-state index contributed by atoms with van der Waals surface area (Å²) >= 11 is 6.31. The van der Waals surface area contributed by atoms with Gasteiger partial charge in [0.15, 0.2) is 0 Å². The van der Waals surface area contributed by atoms with E-state index in [1.54, 1.807) is 24.3 Å². The topological polar surface area (TPSA) is 139 Å². The normalized spacial score (nSPS) is 11.8. The van der Waals surface area contributed by atoms with Gasteiger partial charge in [0, 0.05) is 36.2 Å². The number of hydrogen-bond acceptors (Lipinski definition) is 7. The van der Waals surface area contributed by atoms with Crippen LogP contribution in [0.15, 0.2) is 95.9 Å². The second kappa shape index (κ2) is 16.4. The molecule has 4 rings (SSSR count). The molecule has 0 aliphatic rings. The summed E-state index contributed by atoms with van der Waals surface area (Å²) in [7, 11) is -3.40. The van der Waals surface area contributed by atoms with E-state index in [0.29, 0.717) is 18.5 Å². The molecule has 0 saturated heterocycles. The number of nitrogens with zero attached hydrogens (tertiary/aromatic N) is 3. The number of ether oxygens (including phenoxy) is 1. The molecule has 11 nitrogen and oxygen atoms in total. The Morgan fingerprint density at radius 1 is 1.00 bits per heavy atom. The van der Waals surface area contributed by atoms with Crippen molar-refractivity contribution in [1.29, 1.82) is 0 Å². The van der Waals surface area contributed by atoms with E-state index in [0.717, 1.165) is 15.9 Å². The molecule has 4 aromatic carbocycles. The third kappa shape index (κ3) is 9.12. The summed E-state index contributed by atoms with van der Waals surface area (Å²) < 4.78 is 48.9. The van der Waals surface area contributed by atoms with Crippen molar-refractivity contribution in [3.8, 4) is 5.75 Å². The van der Waals surface area contributed by atoms with Gasteiger partial charge in [-0.05, 0) is 60.9 Å². The average molecular weight is 711 g/mol. The Morgan fingerprint density at radius 3 is 2.33 bits per heavy atom. The summed E-state index contributed by atoms with van der Waals surface area (Å²) in [6, 6.07) is 20.9. The van der Waals surface area contributed by atoms with Crippen molar-refractivity contribution in [2.45, 2.75) is 44.2 Å². The number of anilines is 1. The van der Waals surface area contributed by atoms with Gasteiger partial charge < -0.3 is 15.0 Å². The molecule has 258 valence electrons. The molecule has 1 atom stereocenters. The first kappa shape index (κ1) is 36.8. The largest absolute Gasteiger partial charge is 0.495 e. The van der Waals surface area contributed by atoms with Crippen molar-refractivity contribution in [3.05, 3.63) is 129 Å². The molecule has 0 radical (unpaired) electrons. The number of nitro benzene ring substituents is 1. The maximum absolute atomic E-state index is 14.6. The maximum Gasteiger partial charge on any atom is 0.273 e. The van der Waals surface area contributed by atoms with Crippen LogP contribution in [0.1, 0.15) is 30.0 Å². The number of benzene rings is 4. The molecule has 1 unspecified atom stereocenters. The van der Waals surface area contributed by atoms with Crippen LogP contribution in [0.4, 0.5) is 15.8 Å². The van der Waals surface area contributed by atoms with Crippen molar-refractivity contribution in [2.75, 3.05) is 24.5 Å². The number of nitro groups is 1. The lowest BCUT2D eigenvalue weighted by Gasteiger charge is -2.34. The monoisotopic (exact) mass is 710 g/mol. The first-order valence-electron chi connectivity index (χ1n) is 15.3. The number of halogens is 2. The first-order chi connectivity index (χ1) is 23.3. The molecule has 0 aliphatic carbocycles. The molecule has 0 aliphatic heterocycles. The van der Waals surface area contributed by atoms with Gasteiger partial charge in [-0.3, -0.25) is 24.0 Å². The van der Waals surface area contributed by atoms with E-state index in [1.807, 2.05) is 13.0 Å². The summed E-state index contributed by atoms with van der Waals surface area (Å²) in [5, 5.41) is 14.7. The summed E-state index contributed by atoms with van der Waals surface area (Å²) in [6.45, 7) is 2.65. The van der Waals surface area contributed by atoms with Crippen LogP contribution < -0.4 is 14.4 Å². The zero-order valence-electron chi connectivity index (χ0n) is 27.1. The second-order valence-electron chi connectivity index (χ2n) is 11.2. The molecule has 49 heavy (non-hydrogen) atoms. The Labute approximate surface area is 289 Å². The highest BCUT2D eigenvalue weighted by Gasteiger charge is 2.36. The SMILES string of the molecule is CCCNC(=O)C(Cc1ccccc1)N(Cc1ccc(F)cc1)C(=O)CN(c1cc(Cl)ccc1OC)S(=O)(=O)c1ccc(C)c([N+](=O)[O-])c1. The molecule has 0 spiro atoms. The van der Waals surface area contributed by atoms with Crippen molar-refractivity contribution in [3.63, 3.8) is 0 Å². The molecule has 1 N–H and O–H groups in total. The van der Waals surface area contributed by atoms with Crippen LogP contribution in [0, 0.1) is 22.9 Å².